The van der Waals surface area contributed by atoms with E-state index in [4.69, 9.17) is 0 Å². The van der Waals surface area contributed by atoms with Crippen molar-refractivity contribution in [3.05, 3.63) is 22.4 Å². The summed E-state index contributed by atoms with van der Waals surface area (Å²) in [5.74, 6) is 1.66. The van der Waals surface area contributed by atoms with Crippen LogP contribution in [0.4, 0.5) is 0 Å². The fourth-order valence-electron chi connectivity index (χ4n) is 1.73. The molecule has 80 valence electrons. The number of halogens is 1. The maximum absolute atomic E-state index is 3.61. The summed E-state index contributed by atoms with van der Waals surface area (Å²) in [6, 6.07) is 4.39. The summed E-state index contributed by atoms with van der Waals surface area (Å²) in [6.45, 7) is 4.61. The van der Waals surface area contributed by atoms with Crippen molar-refractivity contribution < 1.29 is 0 Å². The van der Waals surface area contributed by atoms with Crippen molar-refractivity contribution in [1.82, 2.24) is 0 Å². The van der Waals surface area contributed by atoms with E-state index in [1.54, 1.807) is 0 Å². The van der Waals surface area contributed by atoms with Crippen molar-refractivity contribution in [3.63, 3.8) is 0 Å². The Morgan fingerprint density at radius 1 is 1.43 bits per heavy atom. The first-order chi connectivity index (χ1) is 6.72. The predicted octanol–water partition coefficient (Wildman–Crippen LogP) is 4.74. The molecule has 0 N–H and O–H groups in total. The summed E-state index contributed by atoms with van der Waals surface area (Å²) in [5.41, 5.74) is 0. The molecule has 1 aromatic rings. The minimum Gasteiger partial charge on any atom is -0.149 e. The maximum atomic E-state index is 3.61. The standard InChI is InChI=1S/C12H19BrS/c1-10(2)8-11(9-13)5-6-12-4-3-7-14-12/h3-4,7,10-11H,5-6,8-9H2,1-2H3. The van der Waals surface area contributed by atoms with Crippen molar-refractivity contribution in [2.45, 2.75) is 33.1 Å². The summed E-state index contributed by atoms with van der Waals surface area (Å²) in [6.07, 6.45) is 3.92. The van der Waals surface area contributed by atoms with Gasteiger partial charge < -0.3 is 0 Å². The van der Waals surface area contributed by atoms with Gasteiger partial charge in [0.2, 0.25) is 0 Å². The molecule has 0 amide bonds. The molecule has 0 spiro atoms. The van der Waals surface area contributed by atoms with Crippen molar-refractivity contribution in [2.24, 2.45) is 11.8 Å². The van der Waals surface area contributed by atoms with E-state index in [1.165, 1.54) is 24.1 Å². The molecule has 1 unspecified atom stereocenters. The van der Waals surface area contributed by atoms with Gasteiger partial charge in [0, 0.05) is 10.2 Å². The molecular weight excluding hydrogens is 256 g/mol. The first-order valence-electron chi connectivity index (χ1n) is 5.30. The van der Waals surface area contributed by atoms with Gasteiger partial charge in [-0.3, -0.25) is 0 Å². The Hall–Kier alpha value is 0.180. The first-order valence-corrected chi connectivity index (χ1v) is 7.30. The van der Waals surface area contributed by atoms with Crippen LogP contribution in [0.2, 0.25) is 0 Å². The zero-order valence-electron chi connectivity index (χ0n) is 9.00. The van der Waals surface area contributed by atoms with Gasteiger partial charge in [-0.15, -0.1) is 11.3 Å². The van der Waals surface area contributed by atoms with Crippen LogP contribution in [0.25, 0.3) is 0 Å². The predicted molar refractivity (Wildman–Crippen MR) is 69.4 cm³/mol. The van der Waals surface area contributed by atoms with Crippen LogP contribution in [-0.2, 0) is 6.42 Å². The summed E-state index contributed by atoms with van der Waals surface area (Å²) in [5, 5.41) is 3.32. The topological polar surface area (TPSA) is 0 Å². The number of hydrogen-bond donors (Lipinski definition) is 0. The highest BCUT2D eigenvalue weighted by molar-refractivity contribution is 9.09. The third kappa shape index (κ3) is 4.61. The molecule has 0 aliphatic carbocycles. The van der Waals surface area contributed by atoms with Crippen molar-refractivity contribution >= 4 is 27.3 Å². The summed E-state index contributed by atoms with van der Waals surface area (Å²) < 4.78 is 0. The summed E-state index contributed by atoms with van der Waals surface area (Å²) >= 11 is 5.49. The molecule has 1 aromatic heterocycles. The van der Waals surface area contributed by atoms with Crippen LogP contribution >= 0.6 is 27.3 Å². The first kappa shape index (κ1) is 12.3. The Balaban J connectivity index is 2.27. The van der Waals surface area contributed by atoms with Gasteiger partial charge in [-0.05, 0) is 42.5 Å². The Morgan fingerprint density at radius 2 is 2.21 bits per heavy atom. The number of hydrogen-bond acceptors (Lipinski definition) is 1. The molecule has 0 radical (unpaired) electrons. The lowest BCUT2D eigenvalue weighted by atomic mass is 9.94. The molecule has 0 bridgehead atoms. The van der Waals surface area contributed by atoms with Gasteiger partial charge in [0.05, 0.1) is 0 Å². The fourth-order valence-corrected chi connectivity index (χ4v) is 3.04. The van der Waals surface area contributed by atoms with Crippen LogP contribution in [0, 0.1) is 11.8 Å². The van der Waals surface area contributed by atoms with Gasteiger partial charge in [-0.2, -0.15) is 0 Å². The van der Waals surface area contributed by atoms with Crippen LogP contribution in [0.15, 0.2) is 17.5 Å². The van der Waals surface area contributed by atoms with E-state index in [1.807, 2.05) is 11.3 Å². The third-order valence-corrected chi connectivity index (χ3v) is 4.25. The highest BCUT2D eigenvalue weighted by atomic mass is 79.9. The molecule has 14 heavy (non-hydrogen) atoms. The highest BCUT2D eigenvalue weighted by Gasteiger charge is 2.09. The smallest absolute Gasteiger partial charge is 0.00598 e. The molecule has 0 nitrogen and oxygen atoms in total. The monoisotopic (exact) mass is 274 g/mol. The SMILES string of the molecule is CC(C)CC(CBr)CCc1cccs1. The lowest BCUT2D eigenvalue weighted by Gasteiger charge is -2.15. The summed E-state index contributed by atoms with van der Waals surface area (Å²) in [4.78, 5) is 1.53. The van der Waals surface area contributed by atoms with E-state index < -0.39 is 0 Å². The van der Waals surface area contributed by atoms with E-state index in [2.05, 4.69) is 47.3 Å². The minimum atomic E-state index is 0.820. The molecule has 1 rings (SSSR count). The Bertz CT molecular complexity index is 228. The van der Waals surface area contributed by atoms with Gasteiger partial charge in [0.15, 0.2) is 0 Å². The van der Waals surface area contributed by atoms with Crippen LogP contribution in [-0.4, -0.2) is 5.33 Å². The highest BCUT2D eigenvalue weighted by Crippen LogP contribution is 2.21. The van der Waals surface area contributed by atoms with Gasteiger partial charge in [-0.1, -0.05) is 35.8 Å². The Kier molecular flexibility index (Phi) is 5.80. The molecule has 1 heterocycles. The number of rotatable bonds is 6. The van der Waals surface area contributed by atoms with Crippen LogP contribution in [0.3, 0.4) is 0 Å². The molecule has 0 saturated carbocycles. The van der Waals surface area contributed by atoms with Crippen LogP contribution in [0.1, 0.15) is 31.6 Å². The second-order valence-corrected chi connectivity index (χ2v) is 5.95. The van der Waals surface area contributed by atoms with Gasteiger partial charge in [0.1, 0.15) is 0 Å². The quantitative estimate of drug-likeness (QED) is 0.658. The number of thiophene rings is 1. The summed E-state index contributed by atoms with van der Waals surface area (Å²) in [7, 11) is 0. The molecule has 0 fully saturated rings. The van der Waals surface area contributed by atoms with Crippen molar-refractivity contribution in [2.75, 3.05) is 5.33 Å². The average Bonchev–Trinajstić information content (AvgIpc) is 2.64. The van der Waals surface area contributed by atoms with Crippen molar-refractivity contribution in [3.8, 4) is 0 Å². The average molecular weight is 275 g/mol. The van der Waals surface area contributed by atoms with Crippen LogP contribution in [0.5, 0.6) is 0 Å². The van der Waals surface area contributed by atoms with Gasteiger partial charge in [0.25, 0.3) is 0 Å². The number of aryl methyl sites for hydroxylation is 1. The van der Waals surface area contributed by atoms with Gasteiger partial charge in [-0.25, -0.2) is 0 Å². The van der Waals surface area contributed by atoms with E-state index in [9.17, 15) is 0 Å². The second-order valence-electron chi connectivity index (χ2n) is 4.27. The molecule has 0 aliphatic heterocycles. The lowest BCUT2D eigenvalue weighted by molar-refractivity contribution is 0.424. The van der Waals surface area contributed by atoms with E-state index in [0.29, 0.717) is 0 Å². The zero-order valence-corrected chi connectivity index (χ0v) is 11.4. The molecular formula is C12H19BrS. The van der Waals surface area contributed by atoms with E-state index >= 15 is 0 Å². The largest absolute Gasteiger partial charge is 0.149 e. The Morgan fingerprint density at radius 3 is 2.71 bits per heavy atom. The van der Waals surface area contributed by atoms with E-state index in [0.717, 1.165) is 17.2 Å². The Labute approximate surface area is 99.9 Å². The second kappa shape index (κ2) is 6.62. The molecule has 2 heteroatoms. The van der Waals surface area contributed by atoms with Crippen molar-refractivity contribution in [1.29, 1.82) is 0 Å². The fraction of sp³-hybridized carbons (Fsp3) is 0.667. The zero-order chi connectivity index (χ0) is 10.4. The normalized spacial score (nSPS) is 13.4. The molecule has 0 aliphatic rings. The molecule has 0 aromatic carbocycles. The lowest BCUT2D eigenvalue weighted by Crippen LogP contribution is -2.07. The maximum Gasteiger partial charge on any atom is 0.00598 e. The minimum absolute atomic E-state index is 0.820. The third-order valence-electron chi connectivity index (χ3n) is 2.40. The van der Waals surface area contributed by atoms with Crippen LogP contribution < -0.4 is 0 Å². The van der Waals surface area contributed by atoms with E-state index in [-0.39, 0.29) is 0 Å². The number of alkyl halides is 1. The molecule has 0 saturated heterocycles. The molecule has 1 atom stereocenters. The van der Waals surface area contributed by atoms with Gasteiger partial charge >= 0.3 is 0 Å².